The molecule has 1 rings (SSSR count). The maximum Gasteiger partial charge on any atom is 0.287 e. The molecule has 68 valence electrons. The van der Waals surface area contributed by atoms with Gasteiger partial charge in [0.05, 0.1) is 12.5 Å². The van der Waals surface area contributed by atoms with Gasteiger partial charge in [-0.1, -0.05) is 0 Å². The van der Waals surface area contributed by atoms with Gasteiger partial charge in [0, 0.05) is 26.0 Å². The molecule has 0 aromatic carbocycles. The predicted molar refractivity (Wildman–Crippen MR) is 45.8 cm³/mol. The molecule has 1 aromatic heterocycles. The fourth-order valence-electron chi connectivity index (χ4n) is 0.895. The highest BCUT2D eigenvalue weighted by molar-refractivity contribution is 5.90. The number of aryl methyl sites for hydroxylation is 1. The van der Waals surface area contributed by atoms with Gasteiger partial charge in [-0.25, -0.2) is 4.98 Å². The first kappa shape index (κ1) is 9.26. The van der Waals surface area contributed by atoms with Crippen LogP contribution in [-0.2, 0) is 7.05 Å². The van der Waals surface area contributed by atoms with E-state index in [1.54, 1.807) is 24.0 Å². The molecule has 0 spiro atoms. The fourth-order valence-corrected chi connectivity index (χ4v) is 0.895. The van der Waals surface area contributed by atoms with Gasteiger partial charge in [0.15, 0.2) is 5.82 Å². The van der Waals surface area contributed by atoms with Crippen LogP contribution in [0.4, 0.5) is 0 Å². The van der Waals surface area contributed by atoms with Gasteiger partial charge < -0.3 is 9.88 Å². The zero-order valence-corrected chi connectivity index (χ0v) is 7.32. The maximum absolute atomic E-state index is 11.3. The Morgan fingerprint density at radius 2 is 2.62 bits per heavy atom. The standard InChI is InChI=1S/C8H10N4O/c1-12-6-5-10-7(12)8(13)11-4-2-3-9/h5-6H,2,4H2,1H3,(H,11,13). The Kier molecular flexibility index (Phi) is 3.03. The van der Waals surface area contributed by atoms with Crippen molar-refractivity contribution in [2.75, 3.05) is 6.54 Å². The zero-order valence-electron chi connectivity index (χ0n) is 7.32. The van der Waals surface area contributed by atoms with Crippen LogP contribution in [-0.4, -0.2) is 22.0 Å². The van der Waals surface area contributed by atoms with Crippen molar-refractivity contribution in [1.82, 2.24) is 14.9 Å². The van der Waals surface area contributed by atoms with Gasteiger partial charge in [0.25, 0.3) is 5.91 Å². The summed E-state index contributed by atoms with van der Waals surface area (Å²) in [6.07, 6.45) is 3.56. The third kappa shape index (κ3) is 2.30. The molecule has 0 saturated carbocycles. The summed E-state index contributed by atoms with van der Waals surface area (Å²) >= 11 is 0. The highest BCUT2D eigenvalue weighted by Gasteiger charge is 2.08. The molecule has 0 radical (unpaired) electrons. The Morgan fingerprint density at radius 1 is 1.85 bits per heavy atom. The Hall–Kier alpha value is -1.83. The Morgan fingerprint density at radius 3 is 3.15 bits per heavy atom. The number of amides is 1. The molecule has 0 unspecified atom stereocenters. The molecular weight excluding hydrogens is 168 g/mol. The maximum atomic E-state index is 11.3. The van der Waals surface area contributed by atoms with Crippen LogP contribution in [0.2, 0.25) is 0 Å². The first-order valence-electron chi connectivity index (χ1n) is 3.88. The Balaban J connectivity index is 2.50. The van der Waals surface area contributed by atoms with Crippen molar-refractivity contribution in [3.8, 4) is 6.07 Å². The van der Waals surface area contributed by atoms with Crippen molar-refractivity contribution in [2.24, 2.45) is 7.05 Å². The lowest BCUT2D eigenvalue weighted by atomic mass is 10.4. The molecule has 0 saturated heterocycles. The number of imidazole rings is 1. The summed E-state index contributed by atoms with van der Waals surface area (Å²) in [7, 11) is 1.74. The summed E-state index contributed by atoms with van der Waals surface area (Å²) in [4.78, 5) is 15.2. The molecule has 1 N–H and O–H groups in total. The molecule has 1 heterocycles. The van der Waals surface area contributed by atoms with Crippen LogP contribution in [0.1, 0.15) is 17.0 Å². The van der Waals surface area contributed by atoms with Crippen molar-refractivity contribution in [2.45, 2.75) is 6.42 Å². The van der Waals surface area contributed by atoms with Crippen molar-refractivity contribution in [1.29, 1.82) is 5.26 Å². The van der Waals surface area contributed by atoms with E-state index in [2.05, 4.69) is 10.3 Å². The SMILES string of the molecule is Cn1ccnc1C(=O)NCCC#N. The lowest BCUT2D eigenvalue weighted by Crippen LogP contribution is -2.26. The minimum atomic E-state index is -0.247. The second kappa shape index (κ2) is 4.26. The summed E-state index contributed by atoms with van der Waals surface area (Å²) in [5.41, 5.74) is 0. The van der Waals surface area contributed by atoms with Gasteiger partial charge in [-0.2, -0.15) is 5.26 Å². The van der Waals surface area contributed by atoms with Crippen LogP contribution < -0.4 is 5.32 Å². The second-order valence-corrected chi connectivity index (χ2v) is 2.53. The van der Waals surface area contributed by atoms with Gasteiger partial charge >= 0.3 is 0 Å². The van der Waals surface area contributed by atoms with E-state index in [-0.39, 0.29) is 5.91 Å². The molecule has 1 amide bonds. The number of carbonyl (C=O) groups is 1. The number of nitrogens with one attached hydrogen (secondary N) is 1. The van der Waals surface area contributed by atoms with Gasteiger partial charge in [0.1, 0.15) is 0 Å². The predicted octanol–water partition coefficient (Wildman–Crippen LogP) is 0.0636. The van der Waals surface area contributed by atoms with Crippen LogP contribution in [0.5, 0.6) is 0 Å². The Bertz CT molecular complexity index is 336. The average Bonchev–Trinajstić information content (AvgIpc) is 2.52. The highest BCUT2D eigenvalue weighted by atomic mass is 16.2. The number of nitriles is 1. The quantitative estimate of drug-likeness (QED) is 0.665. The molecule has 1 aromatic rings. The van der Waals surface area contributed by atoms with Crippen LogP contribution in [0.25, 0.3) is 0 Å². The summed E-state index contributed by atoms with van der Waals surface area (Å²) in [6.45, 7) is 0.363. The number of hydrogen-bond acceptors (Lipinski definition) is 3. The summed E-state index contributed by atoms with van der Waals surface area (Å²) in [6, 6.07) is 1.94. The molecule has 0 aliphatic rings. The van der Waals surface area contributed by atoms with E-state index < -0.39 is 0 Å². The third-order valence-electron chi connectivity index (χ3n) is 1.55. The number of nitrogens with zero attached hydrogens (tertiary/aromatic N) is 3. The second-order valence-electron chi connectivity index (χ2n) is 2.53. The molecule has 0 atom stereocenters. The lowest BCUT2D eigenvalue weighted by molar-refractivity contribution is 0.0941. The van der Waals surface area contributed by atoms with E-state index in [1.165, 1.54) is 0 Å². The number of carbonyl (C=O) groups excluding carboxylic acids is 1. The van der Waals surface area contributed by atoms with Gasteiger partial charge in [-0.15, -0.1) is 0 Å². The van der Waals surface area contributed by atoms with Gasteiger partial charge in [0.2, 0.25) is 0 Å². The van der Waals surface area contributed by atoms with E-state index in [0.717, 1.165) is 0 Å². The summed E-state index contributed by atoms with van der Waals surface area (Å²) in [5.74, 6) is 0.112. The monoisotopic (exact) mass is 178 g/mol. The smallest absolute Gasteiger partial charge is 0.287 e. The van der Waals surface area contributed by atoms with Crippen LogP contribution in [0, 0.1) is 11.3 Å². The normalized spacial score (nSPS) is 9.23. The fraction of sp³-hybridized carbons (Fsp3) is 0.375. The zero-order chi connectivity index (χ0) is 9.68. The molecule has 13 heavy (non-hydrogen) atoms. The van der Waals surface area contributed by atoms with E-state index in [1.807, 2.05) is 6.07 Å². The Labute approximate surface area is 76.0 Å². The molecule has 0 aliphatic heterocycles. The minimum Gasteiger partial charge on any atom is -0.348 e. The number of hydrogen-bond donors (Lipinski definition) is 1. The van der Waals surface area contributed by atoms with Gasteiger partial charge in [-0.3, -0.25) is 4.79 Å². The lowest BCUT2D eigenvalue weighted by Gasteiger charge is -2.01. The molecule has 0 fully saturated rings. The van der Waals surface area contributed by atoms with E-state index in [0.29, 0.717) is 18.8 Å². The molecular formula is C8H10N4O. The van der Waals surface area contributed by atoms with Crippen LogP contribution >= 0.6 is 0 Å². The average molecular weight is 178 g/mol. The van der Waals surface area contributed by atoms with Crippen molar-refractivity contribution in [3.63, 3.8) is 0 Å². The molecule has 5 heteroatoms. The van der Waals surface area contributed by atoms with E-state index >= 15 is 0 Å². The van der Waals surface area contributed by atoms with Crippen LogP contribution in [0.15, 0.2) is 12.4 Å². The minimum absolute atomic E-state index is 0.247. The van der Waals surface area contributed by atoms with Crippen LogP contribution in [0.3, 0.4) is 0 Å². The molecule has 5 nitrogen and oxygen atoms in total. The largest absolute Gasteiger partial charge is 0.348 e. The number of rotatable bonds is 3. The van der Waals surface area contributed by atoms with Crippen molar-refractivity contribution in [3.05, 3.63) is 18.2 Å². The van der Waals surface area contributed by atoms with Crippen molar-refractivity contribution < 1.29 is 4.79 Å². The molecule has 0 aliphatic carbocycles. The molecule has 0 bridgehead atoms. The van der Waals surface area contributed by atoms with E-state index in [9.17, 15) is 4.79 Å². The highest BCUT2D eigenvalue weighted by Crippen LogP contribution is 1.93. The summed E-state index contributed by atoms with van der Waals surface area (Å²) < 4.78 is 1.63. The number of aromatic nitrogens is 2. The topological polar surface area (TPSA) is 70.7 Å². The third-order valence-corrected chi connectivity index (χ3v) is 1.55. The summed E-state index contributed by atoms with van der Waals surface area (Å²) in [5, 5.41) is 10.8. The first-order chi connectivity index (χ1) is 6.25. The van der Waals surface area contributed by atoms with E-state index in [4.69, 9.17) is 5.26 Å². The van der Waals surface area contributed by atoms with Gasteiger partial charge in [-0.05, 0) is 0 Å². The first-order valence-corrected chi connectivity index (χ1v) is 3.88. The van der Waals surface area contributed by atoms with Crippen molar-refractivity contribution >= 4 is 5.91 Å².